The lowest BCUT2D eigenvalue weighted by molar-refractivity contribution is -0.147. The van der Waals surface area contributed by atoms with Gasteiger partial charge in [-0.2, -0.15) is 0 Å². The highest BCUT2D eigenvalue weighted by molar-refractivity contribution is 7.47. The minimum atomic E-state index is -4.75. The number of phosphoric ester groups is 1. The molecule has 316 valence electrons. The highest BCUT2D eigenvalue weighted by atomic mass is 31.2. The topological polar surface area (TPSA) is 169 Å². The van der Waals surface area contributed by atoms with Crippen molar-refractivity contribution in [3.63, 3.8) is 0 Å². The van der Waals surface area contributed by atoms with Crippen molar-refractivity contribution in [2.45, 2.75) is 174 Å². The first-order chi connectivity index (χ1) is 26.6. The fourth-order valence-electron chi connectivity index (χ4n) is 5.34. The Morgan fingerprint density at radius 2 is 1.05 bits per heavy atom. The predicted molar refractivity (Wildman–Crippen MR) is 222 cm³/mol. The van der Waals surface area contributed by atoms with Crippen LogP contribution in [0.25, 0.3) is 0 Å². The van der Waals surface area contributed by atoms with Crippen molar-refractivity contribution in [2.75, 3.05) is 19.8 Å². The van der Waals surface area contributed by atoms with Crippen molar-refractivity contribution in [1.29, 1.82) is 0 Å². The summed E-state index contributed by atoms with van der Waals surface area (Å²) in [5.41, 5.74) is 0. The van der Waals surface area contributed by atoms with Gasteiger partial charge in [-0.25, -0.2) is 9.36 Å². The maximum atomic E-state index is 12.3. The molecule has 0 aromatic heterocycles. The van der Waals surface area contributed by atoms with Gasteiger partial charge >= 0.3 is 19.8 Å². The van der Waals surface area contributed by atoms with E-state index < -0.39 is 57.6 Å². The minimum Gasteiger partial charge on any atom is -0.480 e. The standard InChI is InChI=1S/C43H74NO10P/c1-3-5-7-9-11-13-14-15-16-17-18-19-20-21-22-23-24-25-26-27-28-30-32-34-41(46)44-40(43(48)49)38-54-55(50,51)53-37-39(45)36-52-42(47)35-33-31-29-12-10-8-6-4-2/h5,7,11,13,15-16,18-19,21-22,39-40,45H,3-4,6,8-10,12,14,17,20,23-38H2,1-2H3,(H,44,46)(H,48,49)(H,50,51)/b7-5-,13-11-,16-15-,19-18-,22-21-. The largest absolute Gasteiger partial charge is 0.480 e. The number of carboxylic acids is 1. The molecule has 0 radical (unpaired) electrons. The van der Waals surface area contributed by atoms with Crippen LogP contribution < -0.4 is 5.32 Å². The van der Waals surface area contributed by atoms with E-state index in [4.69, 9.17) is 13.8 Å². The molecule has 0 aromatic rings. The SMILES string of the molecule is CC/C=C\C/C=C\C/C=C\C/C=C\C/C=C\CCCCCCCCCC(=O)NC(COP(=O)(O)OCC(O)COC(=O)CCCCCCCCCC)C(=O)O. The number of hydrogen-bond acceptors (Lipinski definition) is 8. The molecular formula is C43H74NO10P. The van der Waals surface area contributed by atoms with Crippen molar-refractivity contribution >= 4 is 25.7 Å². The second-order valence-electron chi connectivity index (χ2n) is 13.8. The number of esters is 1. The fraction of sp³-hybridized carbons (Fsp3) is 0.698. The zero-order chi connectivity index (χ0) is 40.7. The van der Waals surface area contributed by atoms with Gasteiger partial charge in [-0.15, -0.1) is 0 Å². The molecule has 12 heteroatoms. The first-order valence-corrected chi connectivity index (χ1v) is 22.3. The van der Waals surface area contributed by atoms with Crippen LogP contribution in [0.2, 0.25) is 0 Å². The lowest BCUT2D eigenvalue weighted by Gasteiger charge is -2.18. The number of hydrogen-bond donors (Lipinski definition) is 4. The Labute approximate surface area is 332 Å². The minimum absolute atomic E-state index is 0.130. The van der Waals surface area contributed by atoms with Crippen LogP contribution in [-0.4, -0.2) is 64.9 Å². The summed E-state index contributed by atoms with van der Waals surface area (Å²) in [6, 6.07) is -1.55. The first-order valence-electron chi connectivity index (χ1n) is 20.8. The van der Waals surface area contributed by atoms with E-state index in [0.29, 0.717) is 12.8 Å². The number of aliphatic hydroxyl groups excluding tert-OH is 1. The third kappa shape index (κ3) is 37.9. The van der Waals surface area contributed by atoms with Crippen molar-refractivity contribution in [1.82, 2.24) is 5.32 Å². The zero-order valence-corrected chi connectivity index (χ0v) is 34.9. The average molecular weight is 796 g/mol. The summed E-state index contributed by atoms with van der Waals surface area (Å²) in [5, 5.41) is 21.7. The lowest BCUT2D eigenvalue weighted by Crippen LogP contribution is -2.43. The molecule has 0 spiro atoms. The van der Waals surface area contributed by atoms with E-state index in [-0.39, 0.29) is 12.8 Å². The number of carbonyl (C=O) groups is 3. The van der Waals surface area contributed by atoms with Crippen LogP contribution in [0.3, 0.4) is 0 Å². The number of unbranched alkanes of at least 4 members (excludes halogenated alkanes) is 14. The quantitative estimate of drug-likeness (QED) is 0.0204. The Morgan fingerprint density at radius 1 is 0.600 bits per heavy atom. The van der Waals surface area contributed by atoms with E-state index in [9.17, 15) is 34.1 Å². The van der Waals surface area contributed by atoms with Gasteiger partial charge in [0.05, 0.1) is 13.2 Å². The smallest absolute Gasteiger partial charge is 0.472 e. The van der Waals surface area contributed by atoms with Crippen LogP contribution in [0, 0.1) is 0 Å². The summed E-state index contributed by atoms with van der Waals surface area (Å²) in [4.78, 5) is 45.7. The Balaban J connectivity index is 3.94. The normalized spacial score (nSPS) is 14.4. The Kier molecular flexibility index (Phi) is 36.1. The monoisotopic (exact) mass is 796 g/mol. The van der Waals surface area contributed by atoms with Gasteiger partial charge < -0.3 is 25.2 Å². The molecule has 0 aliphatic heterocycles. The van der Waals surface area contributed by atoms with Crippen molar-refractivity contribution in [3.05, 3.63) is 60.8 Å². The average Bonchev–Trinajstić information content (AvgIpc) is 3.16. The molecule has 3 atom stereocenters. The Morgan fingerprint density at radius 3 is 1.58 bits per heavy atom. The van der Waals surface area contributed by atoms with Gasteiger partial charge in [0.25, 0.3) is 0 Å². The molecule has 0 heterocycles. The highest BCUT2D eigenvalue weighted by Gasteiger charge is 2.28. The summed E-state index contributed by atoms with van der Waals surface area (Å²) in [7, 11) is -4.75. The fourth-order valence-corrected chi connectivity index (χ4v) is 6.11. The van der Waals surface area contributed by atoms with Gasteiger partial charge in [0, 0.05) is 12.8 Å². The number of rotatable bonds is 38. The number of carboxylic acid groups (broad SMARTS) is 1. The molecule has 11 nitrogen and oxygen atoms in total. The van der Waals surface area contributed by atoms with Crippen LogP contribution in [-0.2, 0) is 32.7 Å². The van der Waals surface area contributed by atoms with Gasteiger partial charge in [-0.3, -0.25) is 18.6 Å². The molecule has 0 aliphatic rings. The van der Waals surface area contributed by atoms with E-state index in [1.807, 2.05) is 0 Å². The second kappa shape index (κ2) is 38.1. The number of aliphatic hydroxyl groups is 1. The predicted octanol–water partition coefficient (Wildman–Crippen LogP) is 10.4. The van der Waals surface area contributed by atoms with E-state index >= 15 is 0 Å². The van der Waals surface area contributed by atoms with Gasteiger partial charge in [-0.05, 0) is 57.8 Å². The summed E-state index contributed by atoms with van der Waals surface area (Å²) >= 11 is 0. The van der Waals surface area contributed by atoms with E-state index in [1.54, 1.807) is 0 Å². The molecule has 0 saturated carbocycles. The van der Waals surface area contributed by atoms with Gasteiger partial charge in [0.15, 0.2) is 6.04 Å². The Bertz CT molecular complexity index is 1170. The molecule has 0 aromatic carbocycles. The van der Waals surface area contributed by atoms with Crippen LogP contribution in [0.4, 0.5) is 0 Å². The maximum absolute atomic E-state index is 12.3. The number of aliphatic carboxylic acids is 1. The molecule has 1 amide bonds. The summed E-state index contributed by atoms with van der Waals surface area (Å²) < 4.78 is 26.7. The van der Waals surface area contributed by atoms with E-state index in [2.05, 4.69) is 79.9 Å². The van der Waals surface area contributed by atoms with Crippen molar-refractivity contribution in [2.24, 2.45) is 0 Å². The number of allylic oxidation sites excluding steroid dienone is 10. The number of phosphoric acid groups is 1. The molecule has 55 heavy (non-hydrogen) atoms. The maximum Gasteiger partial charge on any atom is 0.472 e. The first kappa shape index (κ1) is 52.2. The number of nitrogens with one attached hydrogen (secondary N) is 1. The van der Waals surface area contributed by atoms with Crippen LogP contribution in [0.15, 0.2) is 60.8 Å². The van der Waals surface area contributed by atoms with Crippen LogP contribution in [0.5, 0.6) is 0 Å². The van der Waals surface area contributed by atoms with Gasteiger partial charge in [0.2, 0.25) is 5.91 Å². The number of amides is 1. The molecule has 3 unspecified atom stereocenters. The number of ether oxygens (including phenoxy) is 1. The molecule has 4 N–H and O–H groups in total. The lowest BCUT2D eigenvalue weighted by atomic mass is 10.1. The summed E-state index contributed by atoms with van der Waals surface area (Å²) in [5.74, 6) is -2.40. The molecule has 0 rings (SSSR count). The van der Waals surface area contributed by atoms with Crippen LogP contribution >= 0.6 is 7.82 Å². The molecule has 0 saturated heterocycles. The third-order valence-corrected chi connectivity index (χ3v) is 9.52. The molecule has 0 bridgehead atoms. The van der Waals surface area contributed by atoms with Crippen molar-refractivity contribution < 1.29 is 47.8 Å². The molecule has 0 aliphatic carbocycles. The number of carbonyl (C=O) groups excluding carboxylic acids is 2. The van der Waals surface area contributed by atoms with E-state index in [0.717, 1.165) is 96.3 Å². The van der Waals surface area contributed by atoms with E-state index in [1.165, 1.54) is 25.7 Å². The van der Waals surface area contributed by atoms with Gasteiger partial charge in [-0.1, -0.05) is 152 Å². The second-order valence-corrected chi connectivity index (χ2v) is 15.3. The molecular weight excluding hydrogens is 721 g/mol. The van der Waals surface area contributed by atoms with Crippen LogP contribution in [0.1, 0.15) is 162 Å². The summed E-state index contributed by atoms with van der Waals surface area (Å²) in [6.45, 7) is 2.41. The Hall–Kier alpha value is -2.82. The molecule has 0 fully saturated rings. The third-order valence-electron chi connectivity index (χ3n) is 8.57. The van der Waals surface area contributed by atoms with Crippen molar-refractivity contribution in [3.8, 4) is 0 Å². The van der Waals surface area contributed by atoms with Gasteiger partial charge in [0.1, 0.15) is 12.7 Å². The summed E-state index contributed by atoms with van der Waals surface area (Å²) in [6.07, 6.45) is 42.6. The highest BCUT2D eigenvalue weighted by Crippen LogP contribution is 2.43. The zero-order valence-electron chi connectivity index (χ0n) is 34.0.